The zero-order valence-electron chi connectivity index (χ0n) is 10.9. The molecule has 1 N–H and O–H groups in total. The van der Waals surface area contributed by atoms with Crippen LogP contribution in [0, 0.1) is 0 Å². The Morgan fingerprint density at radius 3 is 2.28 bits per heavy atom. The lowest BCUT2D eigenvalue weighted by atomic mass is 10.0. The Morgan fingerprint density at radius 1 is 1.28 bits per heavy atom. The van der Waals surface area contributed by atoms with Gasteiger partial charge < -0.3 is 14.8 Å². The Hall–Kier alpha value is -1.98. The largest absolute Gasteiger partial charge is 0.444 e. The molecule has 0 aliphatic rings. The molecule has 6 nitrogen and oxygen atoms in total. The second-order valence-corrected chi connectivity index (χ2v) is 5.02. The van der Waals surface area contributed by atoms with Crippen molar-refractivity contribution in [2.45, 2.75) is 38.8 Å². The third kappa shape index (κ3) is 3.80. The van der Waals surface area contributed by atoms with E-state index in [-0.39, 0.29) is 5.82 Å². The average molecular weight is 251 g/mol. The molecular formula is C12H17N3O3. The van der Waals surface area contributed by atoms with Gasteiger partial charge >= 0.3 is 6.09 Å². The van der Waals surface area contributed by atoms with Gasteiger partial charge in [0.1, 0.15) is 5.60 Å². The molecule has 6 heteroatoms. The maximum atomic E-state index is 11.7. The molecule has 1 atom stereocenters. The van der Waals surface area contributed by atoms with Crippen LogP contribution in [0.15, 0.2) is 18.5 Å². The molecule has 0 bridgehead atoms. The van der Waals surface area contributed by atoms with Crippen molar-refractivity contribution in [1.29, 1.82) is 0 Å². The van der Waals surface area contributed by atoms with E-state index in [9.17, 15) is 9.59 Å². The van der Waals surface area contributed by atoms with Crippen LogP contribution in [0.5, 0.6) is 0 Å². The van der Waals surface area contributed by atoms with Gasteiger partial charge in [-0.2, -0.15) is 0 Å². The molecule has 1 amide bonds. The molecule has 0 radical (unpaired) electrons. The van der Waals surface area contributed by atoms with E-state index >= 15 is 0 Å². The van der Waals surface area contributed by atoms with Crippen molar-refractivity contribution in [2.75, 3.05) is 0 Å². The van der Waals surface area contributed by atoms with Gasteiger partial charge in [0.2, 0.25) is 0 Å². The zero-order valence-corrected chi connectivity index (χ0v) is 10.9. The molecule has 1 aromatic heterocycles. The van der Waals surface area contributed by atoms with E-state index in [4.69, 9.17) is 4.74 Å². The summed E-state index contributed by atoms with van der Waals surface area (Å²) in [5.41, 5.74) is -1.94. The van der Waals surface area contributed by atoms with E-state index in [0.717, 1.165) is 0 Å². The third-order valence-electron chi connectivity index (χ3n) is 2.03. The maximum absolute atomic E-state index is 11.7. The number of nitrogens with one attached hydrogen (secondary N) is 1. The Morgan fingerprint density at radius 2 is 1.83 bits per heavy atom. The fraction of sp³-hybridized carbons (Fsp3) is 0.500. The molecule has 1 unspecified atom stereocenters. The molecule has 1 heterocycles. The second kappa shape index (κ2) is 5.12. The summed E-state index contributed by atoms with van der Waals surface area (Å²) in [6.45, 7) is 6.73. The number of carbonyl (C=O) groups is 2. The summed E-state index contributed by atoms with van der Waals surface area (Å²) in [4.78, 5) is 30.8. The van der Waals surface area contributed by atoms with Gasteiger partial charge in [0.25, 0.3) is 0 Å². The van der Waals surface area contributed by atoms with Gasteiger partial charge in [-0.3, -0.25) is 0 Å². The van der Waals surface area contributed by atoms with Crippen molar-refractivity contribution < 1.29 is 14.3 Å². The number of carbonyl (C=O) groups excluding carboxylic acids is 2. The molecule has 0 saturated heterocycles. The molecule has 0 fully saturated rings. The summed E-state index contributed by atoms with van der Waals surface area (Å²) < 4.78 is 5.09. The molecular weight excluding hydrogens is 234 g/mol. The molecule has 1 aromatic rings. The van der Waals surface area contributed by atoms with Crippen LogP contribution in [-0.4, -0.2) is 27.9 Å². The summed E-state index contributed by atoms with van der Waals surface area (Å²) in [6, 6.07) is 1.63. The predicted molar refractivity (Wildman–Crippen MR) is 64.8 cm³/mol. The monoisotopic (exact) mass is 251 g/mol. The summed E-state index contributed by atoms with van der Waals surface area (Å²) in [5.74, 6) is 0.214. The molecule has 0 spiro atoms. The number of nitrogens with zero attached hydrogens (tertiary/aromatic N) is 2. The Balaban J connectivity index is 2.85. The summed E-state index contributed by atoms with van der Waals surface area (Å²) >= 11 is 0. The van der Waals surface area contributed by atoms with E-state index in [1.807, 2.05) is 0 Å². The molecule has 18 heavy (non-hydrogen) atoms. The maximum Gasteiger partial charge on any atom is 0.408 e. The van der Waals surface area contributed by atoms with Crippen molar-refractivity contribution >= 4 is 12.4 Å². The summed E-state index contributed by atoms with van der Waals surface area (Å²) in [5, 5.41) is 2.46. The minimum absolute atomic E-state index is 0.214. The fourth-order valence-corrected chi connectivity index (χ4v) is 1.22. The zero-order chi connectivity index (χ0) is 13.8. The van der Waals surface area contributed by atoms with Crippen LogP contribution in [0.4, 0.5) is 4.79 Å². The molecule has 98 valence electrons. The van der Waals surface area contributed by atoms with Crippen LogP contribution in [-0.2, 0) is 15.1 Å². The fourth-order valence-electron chi connectivity index (χ4n) is 1.22. The number of hydrogen-bond acceptors (Lipinski definition) is 5. The van der Waals surface area contributed by atoms with E-state index in [1.54, 1.807) is 26.8 Å². The lowest BCUT2D eigenvalue weighted by Crippen LogP contribution is -2.47. The molecule has 0 saturated carbocycles. The SMILES string of the molecule is CC(C)(C)OC(=O)NC(C)(C=O)c1ncccn1. The van der Waals surface area contributed by atoms with Crippen LogP contribution in [0.2, 0.25) is 0 Å². The normalized spacial score (nSPS) is 14.4. The molecule has 1 rings (SSSR count). The number of ether oxygens (including phenoxy) is 1. The lowest BCUT2D eigenvalue weighted by molar-refractivity contribution is -0.113. The van der Waals surface area contributed by atoms with E-state index in [2.05, 4.69) is 15.3 Å². The van der Waals surface area contributed by atoms with Gasteiger partial charge in [0.05, 0.1) is 0 Å². The minimum atomic E-state index is -1.30. The van der Waals surface area contributed by atoms with Crippen LogP contribution in [0.3, 0.4) is 0 Å². The van der Waals surface area contributed by atoms with Gasteiger partial charge in [-0.25, -0.2) is 14.8 Å². The van der Waals surface area contributed by atoms with Crippen LogP contribution >= 0.6 is 0 Å². The quantitative estimate of drug-likeness (QED) is 0.821. The number of hydrogen-bond donors (Lipinski definition) is 1. The molecule has 0 aromatic carbocycles. The standard InChI is InChI=1S/C12H17N3O3/c1-11(2,3)18-10(17)15-12(4,8-16)9-13-6-5-7-14-9/h5-8H,1-4H3,(H,15,17). The minimum Gasteiger partial charge on any atom is -0.444 e. The second-order valence-electron chi connectivity index (χ2n) is 5.02. The van der Waals surface area contributed by atoms with Gasteiger partial charge in [-0.15, -0.1) is 0 Å². The van der Waals surface area contributed by atoms with Crippen molar-refractivity contribution in [3.63, 3.8) is 0 Å². The first kappa shape index (κ1) is 14.1. The Kier molecular flexibility index (Phi) is 4.00. The highest BCUT2D eigenvalue weighted by atomic mass is 16.6. The van der Waals surface area contributed by atoms with Gasteiger partial charge in [0, 0.05) is 12.4 Å². The number of aromatic nitrogens is 2. The first-order valence-electron chi connectivity index (χ1n) is 5.52. The van der Waals surface area contributed by atoms with Crippen molar-refractivity contribution in [3.05, 3.63) is 24.3 Å². The highest BCUT2D eigenvalue weighted by Gasteiger charge is 2.33. The Labute approximate surface area is 106 Å². The number of aldehydes is 1. The first-order chi connectivity index (χ1) is 8.27. The van der Waals surface area contributed by atoms with Crippen molar-refractivity contribution in [2.24, 2.45) is 0 Å². The van der Waals surface area contributed by atoms with Gasteiger partial charge in [-0.05, 0) is 33.8 Å². The van der Waals surface area contributed by atoms with E-state index < -0.39 is 17.2 Å². The van der Waals surface area contributed by atoms with Gasteiger partial charge in [-0.1, -0.05) is 0 Å². The van der Waals surface area contributed by atoms with E-state index in [0.29, 0.717) is 6.29 Å². The van der Waals surface area contributed by atoms with Crippen LogP contribution < -0.4 is 5.32 Å². The van der Waals surface area contributed by atoms with Crippen LogP contribution in [0.25, 0.3) is 0 Å². The number of amides is 1. The summed E-state index contributed by atoms with van der Waals surface area (Å²) in [7, 11) is 0. The topological polar surface area (TPSA) is 81.2 Å². The predicted octanol–water partition coefficient (Wildman–Crippen LogP) is 1.42. The highest BCUT2D eigenvalue weighted by Crippen LogP contribution is 2.15. The lowest BCUT2D eigenvalue weighted by Gasteiger charge is -2.26. The highest BCUT2D eigenvalue weighted by molar-refractivity contribution is 5.76. The number of alkyl carbamates (subject to hydrolysis) is 1. The van der Waals surface area contributed by atoms with Crippen molar-refractivity contribution in [1.82, 2.24) is 15.3 Å². The Bertz CT molecular complexity index is 428. The van der Waals surface area contributed by atoms with Gasteiger partial charge in [0.15, 0.2) is 17.6 Å². The van der Waals surface area contributed by atoms with E-state index in [1.165, 1.54) is 19.3 Å². The summed E-state index contributed by atoms with van der Waals surface area (Å²) in [6.07, 6.45) is 2.89. The van der Waals surface area contributed by atoms with Crippen LogP contribution in [0.1, 0.15) is 33.5 Å². The molecule has 0 aliphatic carbocycles. The third-order valence-corrected chi connectivity index (χ3v) is 2.03. The van der Waals surface area contributed by atoms with Crippen molar-refractivity contribution in [3.8, 4) is 0 Å². The number of rotatable bonds is 3. The first-order valence-corrected chi connectivity index (χ1v) is 5.52. The molecule has 0 aliphatic heterocycles. The smallest absolute Gasteiger partial charge is 0.408 e. The average Bonchev–Trinajstić information content (AvgIpc) is 2.27.